The molecule has 0 bridgehead atoms. The van der Waals surface area contributed by atoms with Gasteiger partial charge in [-0.1, -0.05) is 24.3 Å². The molecule has 1 aromatic carbocycles. The third-order valence-electron chi connectivity index (χ3n) is 6.51. The Morgan fingerprint density at radius 2 is 1.94 bits per heavy atom. The van der Waals surface area contributed by atoms with Gasteiger partial charge in [0, 0.05) is 51.9 Å². The zero-order chi connectivity index (χ0) is 21.4. The number of fused-ring (bicyclic) bond motifs is 1. The van der Waals surface area contributed by atoms with Crippen LogP contribution in [0, 0.1) is 0 Å². The molecule has 2 amide bonds. The van der Waals surface area contributed by atoms with E-state index >= 15 is 0 Å². The first-order valence-corrected chi connectivity index (χ1v) is 11.4. The van der Waals surface area contributed by atoms with E-state index in [1.807, 2.05) is 18.3 Å². The van der Waals surface area contributed by atoms with Crippen molar-refractivity contribution < 1.29 is 9.59 Å². The lowest BCUT2D eigenvalue weighted by Crippen LogP contribution is -2.51. The van der Waals surface area contributed by atoms with Crippen LogP contribution in [0.4, 0.5) is 5.82 Å². The van der Waals surface area contributed by atoms with Crippen molar-refractivity contribution in [2.45, 2.75) is 37.3 Å². The van der Waals surface area contributed by atoms with Gasteiger partial charge in [0.25, 0.3) is 0 Å². The van der Waals surface area contributed by atoms with Crippen molar-refractivity contribution >= 4 is 30.3 Å². The van der Waals surface area contributed by atoms with Gasteiger partial charge in [-0.05, 0) is 35.2 Å². The Labute approximate surface area is 187 Å². The van der Waals surface area contributed by atoms with E-state index in [0.717, 1.165) is 44.1 Å². The maximum atomic E-state index is 12.3. The Bertz CT molecular complexity index is 977. The van der Waals surface area contributed by atoms with E-state index in [0.29, 0.717) is 19.4 Å². The zero-order valence-corrected chi connectivity index (χ0v) is 18.3. The molecule has 4 heterocycles. The van der Waals surface area contributed by atoms with Crippen LogP contribution in [0.25, 0.3) is 0 Å². The number of piperidine rings is 1. The summed E-state index contributed by atoms with van der Waals surface area (Å²) in [6, 6.07) is 12.3. The highest BCUT2D eigenvalue weighted by molar-refractivity contribution is 7.80. The summed E-state index contributed by atoms with van der Waals surface area (Å²) in [6.07, 6.45) is 2.79. The Hall–Kier alpha value is -2.42. The van der Waals surface area contributed by atoms with Crippen LogP contribution >= 0.6 is 12.6 Å². The zero-order valence-electron chi connectivity index (χ0n) is 17.4. The van der Waals surface area contributed by atoms with Crippen LogP contribution in [0.2, 0.25) is 0 Å². The lowest BCUT2D eigenvalue weighted by Gasteiger charge is -2.35. The summed E-state index contributed by atoms with van der Waals surface area (Å²) >= 11 is 4.79. The molecule has 2 saturated heterocycles. The van der Waals surface area contributed by atoms with Gasteiger partial charge in [-0.25, -0.2) is 4.98 Å². The number of carbonyl (C=O) groups is 2. The van der Waals surface area contributed by atoms with Crippen molar-refractivity contribution in [1.29, 1.82) is 0 Å². The number of hydrogen-bond acceptors (Lipinski definition) is 7. The van der Waals surface area contributed by atoms with Crippen LogP contribution in [0.5, 0.6) is 0 Å². The smallest absolute Gasteiger partial charge is 0.243 e. The fourth-order valence-corrected chi connectivity index (χ4v) is 5.32. The summed E-state index contributed by atoms with van der Waals surface area (Å²) in [6.45, 7) is 5.57. The van der Waals surface area contributed by atoms with E-state index in [4.69, 9.17) is 12.6 Å². The molecule has 0 spiro atoms. The molecule has 1 N–H and O–H groups in total. The molecule has 2 aromatic rings. The minimum Gasteiger partial charge on any atom is -0.354 e. The number of rotatable bonds is 4. The standard InChI is InChI=1S/C23H27N5O2S/c29-21-7-6-19(22(30)25-21)28-15-17-13-16(4-5-18(17)23(28)31)14-26-9-11-27(12-10-26)20-3-1-2-8-24-20/h1-5,8,13,19,23,31H,6-7,9-12,14-15H2,(H,25,29,30). The van der Waals surface area contributed by atoms with Crippen LogP contribution in [0.3, 0.4) is 0 Å². The number of nitrogens with one attached hydrogen (secondary N) is 1. The molecule has 31 heavy (non-hydrogen) atoms. The third-order valence-corrected chi connectivity index (χ3v) is 7.09. The van der Waals surface area contributed by atoms with Crippen LogP contribution in [0.15, 0.2) is 42.6 Å². The number of thiol groups is 1. The number of benzene rings is 1. The van der Waals surface area contributed by atoms with Crippen molar-refractivity contribution in [3.8, 4) is 0 Å². The first kappa shape index (κ1) is 20.5. The Morgan fingerprint density at radius 1 is 1.10 bits per heavy atom. The van der Waals surface area contributed by atoms with Crippen LogP contribution in [-0.2, 0) is 22.7 Å². The summed E-state index contributed by atoms with van der Waals surface area (Å²) in [5.74, 6) is 0.668. The summed E-state index contributed by atoms with van der Waals surface area (Å²) in [4.78, 5) is 35.2. The monoisotopic (exact) mass is 437 g/mol. The molecule has 0 radical (unpaired) electrons. The largest absolute Gasteiger partial charge is 0.354 e. The highest BCUT2D eigenvalue weighted by Crippen LogP contribution is 2.39. The van der Waals surface area contributed by atoms with Crippen LogP contribution in [0.1, 0.15) is 34.9 Å². The number of imide groups is 1. The highest BCUT2D eigenvalue weighted by Gasteiger charge is 2.39. The molecule has 0 saturated carbocycles. The van der Waals surface area contributed by atoms with Crippen molar-refractivity contribution in [3.05, 3.63) is 59.3 Å². The number of amides is 2. The second-order valence-electron chi connectivity index (χ2n) is 8.50. The average molecular weight is 438 g/mol. The van der Waals surface area contributed by atoms with E-state index in [1.54, 1.807) is 0 Å². The molecule has 7 nitrogen and oxygen atoms in total. The maximum Gasteiger partial charge on any atom is 0.243 e. The van der Waals surface area contributed by atoms with E-state index in [2.05, 4.69) is 49.3 Å². The normalized spacial score (nSPS) is 24.9. The van der Waals surface area contributed by atoms with Crippen LogP contribution in [-0.4, -0.2) is 58.8 Å². The van der Waals surface area contributed by atoms with E-state index < -0.39 is 0 Å². The molecule has 162 valence electrons. The maximum absolute atomic E-state index is 12.3. The molecular formula is C23H27N5O2S. The lowest BCUT2D eigenvalue weighted by atomic mass is 10.0. The Kier molecular flexibility index (Phi) is 5.69. The fourth-order valence-electron chi connectivity index (χ4n) is 4.82. The predicted molar refractivity (Wildman–Crippen MR) is 122 cm³/mol. The average Bonchev–Trinajstić information content (AvgIpc) is 3.10. The molecular weight excluding hydrogens is 410 g/mol. The van der Waals surface area contributed by atoms with Gasteiger partial charge in [0.1, 0.15) is 5.82 Å². The van der Waals surface area contributed by atoms with Gasteiger partial charge >= 0.3 is 0 Å². The number of pyridine rings is 1. The lowest BCUT2D eigenvalue weighted by molar-refractivity contribution is -0.137. The number of aromatic nitrogens is 1. The number of piperazine rings is 1. The Morgan fingerprint density at radius 3 is 2.68 bits per heavy atom. The molecule has 2 fully saturated rings. The van der Waals surface area contributed by atoms with Crippen molar-refractivity contribution in [3.63, 3.8) is 0 Å². The van der Waals surface area contributed by atoms with Gasteiger partial charge in [0.05, 0.1) is 11.4 Å². The third kappa shape index (κ3) is 4.20. The second kappa shape index (κ2) is 8.61. The van der Waals surface area contributed by atoms with Crippen molar-refractivity contribution in [1.82, 2.24) is 20.1 Å². The first-order valence-electron chi connectivity index (χ1n) is 10.9. The summed E-state index contributed by atoms with van der Waals surface area (Å²) < 4.78 is 0. The molecule has 1 aromatic heterocycles. The molecule has 8 heteroatoms. The molecule has 3 aliphatic rings. The number of anilines is 1. The van der Waals surface area contributed by atoms with Crippen molar-refractivity contribution in [2.75, 3.05) is 31.1 Å². The molecule has 2 unspecified atom stereocenters. The van der Waals surface area contributed by atoms with Gasteiger partial charge in [-0.3, -0.25) is 24.7 Å². The second-order valence-corrected chi connectivity index (χ2v) is 8.99. The SMILES string of the molecule is O=C1CCC(N2Cc3cc(CN4CCN(c5ccccn5)CC4)ccc3C2S)C(=O)N1. The van der Waals surface area contributed by atoms with Gasteiger partial charge in [0.2, 0.25) is 11.8 Å². The van der Waals surface area contributed by atoms with Crippen molar-refractivity contribution in [2.24, 2.45) is 0 Å². The van der Waals surface area contributed by atoms with Gasteiger partial charge in [-0.15, -0.1) is 0 Å². The minimum absolute atomic E-state index is 0.116. The van der Waals surface area contributed by atoms with E-state index in [1.165, 1.54) is 11.1 Å². The molecule has 0 aliphatic carbocycles. The quantitative estimate of drug-likeness (QED) is 0.563. The number of hydrogen-bond donors (Lipinski definition) is 2. The fraction of sp³-hybridized carbons (Fsp3) is 0.435. The minimum atomic E-state index is -0.296. The van der Waals surface area contributed by atoms with Gasteiger partial charge in [0.15, 0.2) is 0 Å². The van der Waals surface area contributed by atoms with Gasteiger partial charge < -0.3 is 4.90 Å². The summed E-state index contributed by atoms with van der Waals surface area (Å²) in [5.41, 5.74) is 3.68. The Balaban J connectivity index is 1.21. The summed E-state index contributed by atoms with van der Waals surface area (Å²) in [7, 11) is 0. The van der Waals surface area contributed by atoms with Gasteiger partial charge in [-0.2, -0.15) is 12.6 Å². The molecule has 5 rings (SSSR count). The topological polar surface area (TPSA) is 68.8 Å². The first-order chi connectivity index (χ1) is 15.1. The predicted octanol–water partition coefficient (Wildman–Crippen LogP) is 1.95. The van der Waals surface area contributed by atoms with E-state index in [9.17, 15) is 9.59 Å². The van der Waals surface area contributed by atoms with E-state index in [-0.39, 0.29) is 23.2 Å². The molecule has 2 atom stereocenters. The molecule has 3 aliphatic heterocycles. The number of nitrogens with zero attached hydrogens (tertiary/aromatic N) is 4. The summed E-state index contributed by atoms with van der Waals surface area (Å²) in [5, 5.41) is 2.35. The van der Waals surface area contributed by atoms with Crippen LogP contribution < -0.4 is 10.2 Å². The number of carbonyl (C=O) groups excluding carboxylic acids is 2. The highest BCUT2D eigenvalue weighted by atomic mass is 32.1.